The normalized spacial score (nSPS) is 28.8. The SMILES string of the molecule is CC(=O)OC[C@H]1CC[C@H]1C=O. The van der Waals surface area contributed by atoms with Crippen molar-refractivity contribution < 1.29 is 14.3 Å². The lowest BCUT2D eigenvalue weighted by atomic mass is 9.75. The Morgan fingerprint density at radius 1 is 1.64 bits per heavy atom. The molecule has 0 spiro atoms. The Labute approximate surface area is 65.7 Å². The molecule has 1 aliphatic rings. The molecule has 11 heavy (non-hydrogen) atoms. The zero-order valence-electron chi connectivity index (χ0n) is 6.58. The number of ether oxygens (including phenoxy) is 1. The second-order valence-corrected chi connectivity index (χ2v) is 2.94. The fourth-order valence-electron chi connectivity index (χ4n) is 1.21. The maximum Gasteiger partial charge on any atom is 0.302 e. The molecule has 0 N–H and O–H groups in total. The lowest BCUT2D eigenvalue weighted by molar-refractivity contribution is -0.145. The molecule has 62 valence electrons. The number of carbonyl (C=O) groups excluding carboxylic acids is 2. The van der Waals surface area contributed by atoms with Gasteiger partial charge in [-0.3, -0.25) is 4.79 Å². The molecule has 1 fully saturated rings. The van der Waals surface area contributed by atoms with E-state index >= 15 is 0 Å². The van der Waals surface area contributed by atoms with Crippen LogP contribution in [0, 0.1) is 11.8 Å². The van der Waals surface area contributed by atoms with E-state index in [-0.39, 0.29) is 17.8 Å². The third-order valence-electron chi connectivity index (χ3n) is 2.15. The molecule has 0 amide bonds. The molecule has 0 aromatic carbocycles. The van der Waals surface area contributed by atoms with Gasteiger partial charge in [0, 0.05) is 18.8 Å². The van der Waals surface area contributed by atoms with Crippen molar-refractivity contribution in [3.05, 3.63) is 0 Å². The van der Waals surface area contributed by atoms with Crippen LogP contribution in [0.2, 0.25) is 0 Å². The highest BCUT2D eigenvalue weighted by Gasteiger charge is 2.30. The Hall–Kier alpha value is -0.860. The summed E-state index contributed by atoms with van der Waals surface area (Å²) in [7, 11) is 0. The number of hydrogen-bond donors (Lipinski definition) is 0. The summed E-state index contributed by atoms with van der Waals surface area (Å²) < 4.78 is 4.78. The fraction of sp³-hybridized carbons (Fsp3) is 0.750. The van der Waals surface area contributed by atoms with Gasteiger partial charge in [0.25, 0.3) is 0 Å². The van der Waals surface area contributed by atoms with E-state index < -0.39 is 0 Å². The molecular weight excluding hydrogens is 144 g/mol. The van der Waals surface area contributed by atoms with Gasteiger partial charge in [-0.15, -0.1) is 0 Å². The molecule has 0 aromatic heterocycles. The minimum absolute atomic E-state index is 0.134. The second kappa shape index (κ2) is 3.51. The summed E-state index contributed by atoms with van der Waals surface area (Å²) in [6.07, 6.45) is 2.92. The summed E-state index contributed by atoms with van der Waals surface area (Å²) in [5.41, 5.74) is 0. The third kappa shape index (κ3) is 2.03. The van der Waals surface area contributed by atoms with Crippen LogP contribution in [0.4, 0.5) is 0 Å². The number of aldehydes is 1. The van der Waals surface area contributed by atoms with Gasteiger partial charge in [0.2, 0.25) is 0 Å². The molecular formula is C8H12O3. The first-order valence-corrected chi connectivity index (χ1v) is 3.82. The van der Waals surface area contributed by atoms with Crippen LogP contribution in [-0.2, 0) is 14.3 Å². The van der Waals surface area contributed by atoms with Gasteiger partial charge in [0.15, 0.2) is 0 Å². The van der Waals surface area contributed by atoms with Crippen LogP contribution < -0.4 is 0 Å². The van der Waals surface area contributed by atoms with Crippen molar-refractivity contribution in [1.29, 1.82) is 0 Å². The summed E-state index contributed by atoms with van der Waals surface area (Å²) in [5.74, 6) is 0.160. The van der Waals surface area contributed by atoms with Gasteiger partial charge in [-0.25, -0.2) is 0 Å². The van der Waals surface area contributed by atoms with Crippen LogP contribution in [0.1, 0.15) is 19.8 Å². The molecule has 3 heteroatoms. The standard InChI is InChI=1S/C8H12O3/c1-6(10)11-5-8-3-2-7(8)4-9/h4,7-8H,2-3,5H2,1H3/t7-,8+/m0/s1. The van der Waals surface area contributed by atoms with E-state index in [1.807, 2.05) is 0 Å². The van der Waals surface area contributed by atoms with Gasteiger partial charge in [-0.2, -0.15) is 0 Å². The van der Waals surface area contributed by atoms with Gasteiger partial charge in [0.05, 0.1) is 6.61 Å². The monoisotopic (exact) mass is 156 g/mol. The predicted molar refractivity (Wildman–Crippen MR) is 38.9 cm³/mol. The maximum atomic E-state index is 10.4. The zero-order chi connectivity index (χ0) is 8.27. The van der Waals surface area contributed by atoms with Crippen molar-refractivity contribution in [1.82, 2.24) is 0 Å². The van der Waals surface area contributed by atoms with E-state index in [9.17, 15) is 9.59 Å². The first kappa shape index (κ1) is 8.24. The van der Waals surface area contributed by atoms with Crippen molar-refractivity contribution in [2.24, 2.45) is 11.8 Å². The average Bonchev–Trinajstić information content (AvgIpc) is 1.86. The van der Waals surface area contributed by atoms with Crippen LogP contribution in [0.3, 0.4) is 0 Å². The fourth-order valence-corrected chi connectivity index (χ4v) is 1.21. The number of carbonyl (C=O) groups is 2. The Balaban J connectivity index is 2.17. The molecule has 0 unspecified atom stereocenters. The molecule has 1 aliphatic carbocycles. The lowest BCUT2D eigenvalue weighted by Crippen LogP contribution is -2.31. The first-order valence-electron chi connectivity index (χ1n) is 3.82. The lowest BCUT2D eigenvalue weighted by Gasteiger charge is -2.31. The van der Waals surface area contributed by atoms with Crippen molar-refractivity contribution in [2.75, 3.05) is 6.61 Å². The van der Waals surface area contributed by atoms with Crippen molar-refractivity contribution in [3.8, 4) is 0 Å². The number of rotatable bonds is 3. The molecule has 0 saturated heterocycles. The Morgan fingerprint density at radius 3 is 2.73 bits per heavy atom. The first-order chi connectivity index (χ1) is 5.24. The van der Waals surface area contributed by atoms with E-state index in [0.717, 1.165) is 19.1 Å². The zero-order valence-corrected chi connectivity index (χ0v) is 6.58. The molecule has 0 radical (unpaired) electrons. The largest absolute Gasteiger partial charge is 0.466 e. The highest BCUT2D eigenvalue weighted by Crippen LogP contribution is 2.32. The molecule has 0 heterocycles. The quantitative estimate of drug-likeness (QED) is 0.448. The van der Waals surface area contributed by atoms with E-state index in [4.69, 9.17) is 4.74 Å². The van der Waals surface area contributed by atoms with Gasteiger partial charge in [0.1, 0.15) is 6.29 Å². The minimum atomic E-state index is -0.262. The predicted octanol–water partition coefficient (Wildman–Crippen LogP) is 0.775. The third-order valence-corrected chi connectivity index (χ3v) is 2.15. The Kier molecular flexibility index (Phi) is 2.63. The van der Waals surface area contributed by atoms with Gasteiger partial charge >= 0.3 is 5.97 Å². The molecule has 2 atom stereocenters. The molecule has 0 bridgehead atoms. The maximum absolute atomic E-state index is 10.4. The van der Waals surface area contributed by atoms with Gasteiger partial charge in [-0.05, 0) is 12.8 Å². The van der Waals surface area contributed by atoms with Crippen LogP contribution in [0.5, 0.6) is 0 Å². The average molecular weight is 156 g/mol. The van der Waals surface area contributed by atoms with E-state index in [0.29, 0.717) is 6.61 Å². The van der Waals surface area contributed by atoms with Crippen LogP contribution in [0.25, 0.3) is 0 Å². The molecule has 0 aromatic rings. The Bertz CT molecular complexity index is 165. The van der Waals surface area contributed by atoms with Crippen LogP contribution in [-0.4, -0.2) is 18.9 Å². The van der Waals surface area contributed by atoms with E-state index in [1.54, 1.807) is 0 Å². The molecule has 0 aliphatic heterocycles. The second-order valence-electron chi connectivity index (χ2n) is 2.94. The van der Waals surface area contributed by atoms with Gasteiger partial charge < -0.3 is 9.53 Å². The van der Waals surface area contributed by atoms with Crippen molar-refractivity contribution in [2.45, 2.75) is 19.8 Å². The molecule has 1 rings (SSSR count). The molecule has 3 nitrogen and oxygen atoms in total. The van der Waals surface area contributed by atoms with E-state index in [1.165, 1.54) is 6.92 Å². The minimum Gasteiger partial charge on any atom is -0.466 e. The summed E-state index contributed by atoms with van der Waals surface area (Å²) in [4.78, 5) is 20.7. The van der Waals surface area contributed by atoms with Crippen LogP contribution >= 0.6 is 0 Å². The summed E-state index contributed by atoms with van der Waals surface area (Å²) >= 11 is 0. The van der Waals surface area contributed by atoms with Gasteiger partial charge in [-0.1, -0.05) is 0 Å². The smallest absolute Gasteiger partial charge is 0.302 e. The van der Waals surface area contributed by atoms with Crippen molar-refractivity contribution in [3.63, 3.8) is 0 Å². The van der Waals surface area contributed by atoms with Crippen LogP contribution in [0.15, 0.2) is 0 Å². The highest BCUT2D eigenvalue weighted by molar-refractivity contribution is 5.66. The van der Waals surface area contributed by atoms with Crippen molar-refractivity contribution >= 4 is 12.3 Å². The van der Waals surface area contributed by atoms with E-state index in [2.05, 4.69) is 0 Å². The summed E-state index contributed by atoms with van der Waals surface area (Å²) in [5, 5.41) is 0. The Morgan fingerprint density at radius 2 is 2.36 bits per heavy atom. The number of hydrogen-bond acceptors (Lipinski definition) is 3. The topological polar surface area (TPSA) is 43.4 Å². The summed E-state index contributed by atoms with van der Waals surface area (Å²) in [6, 6.07) is 0. The number of esters is 1. The highest BCUT2D eigenvalue weighted by atomic mass is 16.5. The summed E-state index contributed by atoms with van der Waals surface area (Å²) in [6.45, 7) is 1.80. The molecule has 1 saturated carbocycles.